The van der Waals surface area contributed by atoms with Gasteiger partial charge < -0.3 is 38.8 Å². The summed E-state index contributed by atoms with van der Waals surface area (Å²) in [4.78, 5) is 29.0. The van der Waals surface area contributed by atoms with Crippen molar-refractivity contribution >= 4 is 40.3 Å². The normalized spacial score (nSPS) is 19.8. The molecule has 3 aliphatic heterocycles. The Bertz CT molecular complexity index is 2540. The Kier molecular flexibility index (Phi) is 11.2. The highest BCUT2D eigenvalue weighted by Crippen LogP contribution is 2.59. The highest BCUT2D eigenvalue weighted by atomic mass is 16.6. The summed E-state index contributed by atoms with van der Waals surface area (Å²) in [5.41, 5.74) is 9.45. The lowest BCUT2D eigenvalue weighted by atomic mass is 9.76. The Morgan fingerprint density at radius 1 is 0.887 bits per heavy atom. The predicted molar refractivity (Wildman–Crippen MR) is 244 cm³/mol. The zero-order chi connectivity index (χ0) is 43.0. The van der Waals surface area contributed by atoms with Crippen LogP contribution >= 0.6 is 0 Å². The minimum Gasteiger partial charge on any atom is -0.495 e. The highest BCUT2D eigenvalue weighted by molar-refractivity contribution is 6.10. The molecule has 4 aliphatic rings. The molecule has 1 amide bonds. The van der Waals surface area contributed by atoms with E-state index in [9.17, 15) is 9.59 Å². The number of anilines is 2. The molecule has 2 fully saturated rings. The number of alkyl carbamates (subject to hydrolysis) is 1. The molecular weight excluding hydrogens is 779 g/mol. The molecule has 5 aromatic rings. The van der Waals surface area contributed by atoms with E-state index in [0.29, 0.717) is 12.1 Å². The minimum absolute atomic E-state index is 0.0470. The van der Waals surface area contributed by atoms with E-state index in [2.05, 4.69) is 133 Å². The molecule has 62 heavy (non-hydrogen) atoms. The van der Waals surface area contributed by atoms with Crippen LogP contribution in [-0.4, -0.2) is 78.3 Å². The second kappa shape index (κ2) is 16.9. The molecule has 0 aromatic heterocycles. The van der Waals surface area contributed by atoms with Crippen LogP contribution in [0.1, 0.15) is 61.4 Å². The molecule has 5 aromatic carbocycles. The average molecular weight is 834 g/mol. The molecule has 2 unspecified atom stereocenters. The van der Waals surface area contributed by atoms with E-state index in [-0.39, 0.29) is 31.1 Å². The summed E-state index contributed by atoms with van der Waals surface area (Å²) < 4.78 is 30.3. The Morgan fingerprint density at radius 2 is 1.63 bits per heavy atom. The van der Waals surface area contributed by atoms with Crippen molar-refractivity contribution in [1.29, 1.82) is 0 Å². The number of nitrogens with zero attached hydrogens (tertiary/aromatic N) is 2. The largest absolute Gasteiger partial charge is 0.495 e. The number of morpholine rings is 1. The SMILES string of the molecule is C=C(C)C(=O)OCCNC(=O)OCC1CCCN(c2cc3c4c(c5c(c3cc2OC)OC(c2ccccc2)(c2ccc(N3CCOCC3)cc2)C=C5)C(C)(C)c2ccccc2-4)C1. The molecular formula is C52H55N3O7. The summed E-state index contributed by atoms with van der Waals surface area (Å²) in [6.07, 6.45) is 5.87. The number of benzene rings is 5. The topological polar surface area (TPSA) is 98.8 Å². The van der Waals surface area contributed by atoms with Crippen molar-refractivity contribution < 1.29 is 33.3 Å². The molecule has 9 rings (SSSR count). The second-order valence-corrected chi connectivity index (χ2v) is 17.3. The number of rotatable bonds is 11. The van der Waals surface area contributed by atoms with Gasteiger partial charge in [0.2, 0.25) is 0 Å². The Hall–Kier alpha value is -6.26. The smallest absolute Gasteiger partial charge is 0.407 e. The van der Waals surface area contributed by atoms with Crippen molar-refractivity contribution in [2.45, 2.75) is 44.6 Å². The fraction of sp³-hybridized carbons (Fsp3) is 0.346. The van der Waals surface area contributed by atoms with Crippen LogP contribution in [0.4, 0.5) is 16.2 Å². The molecule has 2 saturated heterocycles. The van der Waals surface area contributed by atoms with Crippen LogP contribution in [0.2, 0.25) is 0 Å². The molecule has 1 N–H and O–H groups in total. The first kappa shape index (κ1) is 41.1. The van der Waals surface area contributed by atoms with Crippen molar-refractivity contribution in [3.8, 4) is 22.6 Å². The van der Waals surface area contributed by atoms with Gasteiger partial charge in [0.05, 0.1) is 39.2 Å². The maximum atomic E-state index is 12.6. The Balaban J connectivity index is 1.10. The molecule has 10 nitrogen and oxygen atoms in total. The lowest BCUT2D eigenvalue weighted by Crippen LogP contribution is -2.39. The van der Waals surface area contributed by atoms with Gasteiger partial charge in [-0.25, -0.2) is 9.59 Å². The lowest BCUT2D eigenvalue weighted by molar-refractivity contribution is -0.138. The summed E-state index contributed by atoms with van der Waals surface area (Å²) in [6, 6.07) is 32.6. The van der Waals surface area contributed by atoms with Gasteiger partial charge >= 0.3 is 12.1 Å². The van der Waals surface area contributed by atoms with E-state index in [0.717, 1.165) is 90.3 Å². The second-order valence-electron chi connectivity index (χ2n) is 17.3. The number of amides is 1. The van der Waals surface area contributed by atoms with E-state index in [1.165, 1.54) is 27.9 Å². The molecule has 10 heteroatoms. The van der Waals surface area contributed by atoms with E-state index in [1.54, 1.807) is 14.0 Å². The predicted octanol–water partition coefficient (Wildman–Crippen LogP) is 9.40. The van der Waals surface area contributed by atoms with E-state index in [1.807, 2.05) is 6.07 Å². The van der Waals surface area contributed by atoms with Crippen LogP contribution in [0.15, 0.2) is 109 Å². The summed E-state index contributed by atoms with van der Waals surface area (Å²) in [5, 5.41) is 4.78. The maximum absolute atomic E-state index is 12.6. The average Bonchev–Trinajstić information content (AvgIpc) is 3.56. The van der Waals surface area contributed by atoms with Gasteiger partial charge in [-0.15, -0.1) is 0 Å². The molecule has 320 valence electrons. The summed E-state index contributed by atoms with van der Waals surface area (Å²) >= 11 is 0. The number of carbonyl (C=O) groups is 2. The molecule has 0 spiro atoms. The quantitative estimate of drug-likeness (QED) is 0.0793. The van der Waals surface area contributed by atoms with E-state index >= 15 is 0 Å². The number of hydrogen-bond acceptors (Lipinski definition) is 9. The number of fused-ring (bicyclic) bond motifs is 8. The Morgan fingerprint density at radius 3 is 2.39 bits per heavy atom. The number of hydrogen-bond donors (Lipinski definition) is 1. The first-order valence-corrected chi connectivity index (χ1v) is 21.8. The van der Waals surface area contributed by atoms with Gasteiger partial charge in [0.25, 0.3) is 0 Å². The number of carbonyl (C=O) groups excluding carboxylic acids is 2. The van der Waals surface area contributed by atoms with Gasteiger partial charge in [-0.2, -0.15) is 0 Å². The fourth-order valence-corrected chi connectivity index (χ4v) is 9.86. The molecule has 0 bridgehead atoms. The first-order chi connectivity index (χ1) is 30.1. The van der Waals surface area contributed by atoms with E-state index < -0.39 is 17.7 Å². The Labute approximate surface area is 364 Å². The van der Waals surface area contributed by atoms with Crippen molar-refractivity contribution in [3.05, 3.63) is 137 Å². The lowest BCUT2D eigenvalue weighted by Gasteiger charge is -2.39. The highest BCUT2D eigenvalue weighted by Gasteiger charge is 2.44. The fourth-order valence-electron chi connectivity index (χ4n) is 9.86. The molecule has 3 heterocycles. The van der Waals surface area contributed by atoms with Gasteiger partial charge in [0, 0.05) is 70.8 Å². The number of ether oxygens (including phenoxy) is 5. The summed E-state index contributed by atoms with van der Waals surface area (Å²) in [5.74, 6) is 1.21. The number of esters is 1. The van der Waals surface area contributed by atoms with Gasteiger partial charge in [0.15, 0.2) is 5.60 Å². The number of methoxy groups -OCH3 is 1. The van der Waals surface area contributed by atoms with E-state index in [4.69, 9.17) is 23.7 Å². The molecule has 0 radical (unpaired) electrons. The van der Waals surface area contributed by atoms with Gasteiger partial charge in [-0.1, -0.05) is 93.2 Å². The molecule has 1 aliphatic carbocycles. The van der Waals surface area contributed by atoms with Crippen molar-refractivity contribution in [2.24, 2.45) is 5.92 Å². The molecule has 0 saturated carbocycles. The zero-order valence-corrected chi connectivity index (χ0v) is 36.1. The first-order valence-electron chi connectivity index (χ1n) is 21.8. The third-order valence-electron chi connectivity index (χ3n) is 13.0. The van der Waals surface area contributed by atoms with Gasteiger partial charge in [-0.05, 0) is 77.7 Å². The maximum Gasteiger partial charge on any atom is 0.407 e. The third-order valence-corrected chi connectivity index (χ3v) is 13.0. The van der Waals surface area contributed by atoms with Crippen LogP contribution < -0.4 is 24.6 Å². The standard InChI is InChI=1S/C52H55N3O7/c1-34(2)49(56)60-27-23-53-50(57)61-33-35-12-11-24-55(32-35)44-30-41-42(31-45(44)58-5)48-40(47-46(41)39-15-9-10-16-43(39)51(47,3)4)21-22-52(62-48,36-13-7-6-8-14-36)37-17-19-38(20-18-37)54-25-28-59-29-26-54/h6-10,13-22,30-31,35H,1,11-12,23-29,32-33H2,2-5H3,(H,53,57). The number of nitrogens with one attached hydrogen (secondary N) is 1. The van der Waals surface area contributed by atoms with Crippen LogP contribution in [0.5, 0.6) is 11.5 Å². The van der Waals surface area contributed by atoms with Crippen LogP contribution in [-0.2, 0) is 30.0 Å². The summed E-state index contributed by atoms with van der Waals surface area (Å²) in [6.45, 7) is 15.0. The van der Waals surface area contributed by atoms with Crippen LogP contribution in [0.25, 0.3) is 28.0 Å². The third kappa shape index (κ3) is 7.44. The van der Waals surface area contributed by atoms with Crippen LogP contribution in [0.3, 0.4) is 0 Å². The van der Waals surface area contributed by atoms with Gasteiger partial charge in [-0.3, -0.25) is 0 Å². The summed E-state index contributed by atoms with van der Waals surface area (Å²) in [7, 11) is 1.73. The number of piperidine rings is 1. The zero-order valence-electron chi connectivity index (χ0n) is 36.1. The van der Waals surface area contributed by atoms with Crippen molar-refractivity contribution in [3.63, 3.8) is 0 Å². The van der Waals surface area contributed by atoms with Crippen LogP contribution in [0, 0.1) is 5.92 Å². The minimum atomic E-state index is -0.901. The van der Waals surface area contributed by atoms with Gasteiger partial charge in [0.1, 0.15) is 18.1 Å². The monoisotopic (exact) mass is 833 g/mol. The van der Waals surface area contributed by atoms with Crippen molar-refractivity contribution in [1.82, 2.24) is 5.32 Å². The van der Waals surface area contributed by atoms with Crippen molar-refractivity contribution in [2.75, 3.05) is 76.1 Å². The molecule has 2 atom stereocenters.